The molecule has 0 amide bonds. The lowest BCUT2D eigenvalue weighted by Crippen LogP contribution is -1.98. The van der Waals surface area contributed by atoms with Gasteiger partial charge in [-0.25, -0.2) is 0 Å². The van der Waals surface area contributed by atoms with Gasteiger partial charge in [-0.1, -0.05) is 53.7 Å². The molecule has 0 saturated carbocycles. The van der Waals surface area contributed by atoms with Crippen LogP contribution < -0.4 is 0 Å². The predicted molar refractivity (Wildman–Crippen MR) is 86.7 cm³/mol. The lowest BCUT2D eigenvalue weighted by atomic mass is 10.1. The van der Waals surface area contributed by atoms with Gasteiger partial charge in [-0.2, -0.15) is 0 Å². The zero-order chi connectivity index (χ0) is 14.7. The van der Waals surface area contributed by atoms with Crippen molar-refractivity contribution >= 4 is 16.6 Å². The molecule has 106 valence electrons. The van der Waals surface area contributed by atoms with E-state index in [1.165, 1.54) is 16.5 Å². The van der Waals surface area contributed by atoms with Crippen molar-refractivity contribution in [1.29, 1.82) is 0 Å². The van der Waals surface area contributed by atoms with Crippen molar-refractivity contribution in [3.05, 3.63) is 71.9 Å². The zero-order valence-electron chi connectivity index (χ0n) is 12.3. The highest BCUT2D eigenvalue weighted by Crippen LogP contribution is 2.23. The Morgan fingerprint density at radius 2 is 1.76 bits per heavy atom. The highest BCUT2D eigenvalue weighted by Gasteiger charge is 2.11. The van der Waals surface area contributed by atoms with Crippen LogP contribution in [0.5, 0.6) is 0 Å². The van der Waals surface area contributed by atoms with E-state index in [0.717, 1.165) is 17.8 Å². The van der Waals surface area contributed by atoms with Crippen LogP contribution in [0, 0.1) is 0 Å². The first kappa shape index (κ1) is 13.4. The maximum absolute atomic E-state index is 4.91. The number of hydrogen-bond donors (Lipinski definition) is 0. The minimum absolute atomic E-state index is 0.849. The van der Waals surface area contributed by atoms with Crippen molar-refractivity contribution in [3.8, 4) is 0 Å². The van der Waals surface area contributed by atoms with E-state index in [9.17, 15) is 0 Å². The summed E-state index contributed by atoms with van der Waals surface area (Å²) in [4.78, 5) is 4.91. The van der Waals surface area contributed by atoms with Crippen LogP contribution >= 0.6 is 0 Å². The fourth-order valence-electron chi connectivity index (χ4n) is 2.63. The number of benzene rings is 2. The van der Waals surface area contributed by atoms with Crippen molar-refractivity contribution in [2.24, 2.45) is 5.16 Å². The van der Waals surface area contributed by atoms with Crippen LogP contribution in [0.1, 0.15) is 18.1 Å². The van der Waals surface area contributed by atoms with Crippen molar-refractivity contribution < 1.29 is 4.84 Å². The minimum atomic E-state index is 0.849. The predicted octanol–water partition coefficient (Wildman–Crippen LogP) is 4.06. The average Bonchev–Trinajstić information content (AvgIpc) is 2.88. The third-order valence-corrected chi connectivity index (χ3v) is 3.60. The van der Waals surface area contributed by atoms with Crippen LogP contribution in [0.15, 0.2) is 65.9 Å². The quantitative estimate of drug-likeness (QED) is 0.522. The molecule has 1 aromatic heterocycles. The summed E-state index contributed by atoms with van der Waals surface area (Å²) >= 11 is 0. The van der Waals surface area contributed by atoms with Gasteiger partial charge in [0.15, 0.2) is 0 Å². The Balaban J connectivity index is 2.09. The van der Waals surface area contributed by atoms with E-state index in [4.69, 9.17) is 4.84 Å². The second-order valence-corrected chi connectivity index (χ2v) is 5.03. The highest BCUT2D eigenvalue weighted by molar-refractivity contribution is 6.09. The number of rotatable bonds is 4. The summed E-state index contributed by atoms with van der Waals surface area (Å²) in [6.07, 6.45) is 2.15. The summed E-state index contributed by atoms with van der Waals surface area (Å²) in [5, 5.41) is 5.27. The number of aromatic nitrogens is 1. The average molecular weight is 278 g/mol. The Morgan fingerprint density at radius 3 is 2.52 bits per heavy atom. The van der Waals surface area contributed by atoms with Gasteiger partial charge < -0.3 is 9.40 Å². The molecule has 0 radical (unpaired) electrons. The molecule has 0 spiro atoms. The number of fused-ring (bicyclic) bond motifs is 1. The molecule has 0 bridgehead atoms. The zero-order valence-corrected chi connectivity index (χ0v) is 12.3. The summed E-state index contributed by atoms with van der Waals surface area (Å²) in [5.74, 6) is 0. The second-order valence-electron chi connectivity index (χ2n) is 5.03. The summed E-state index contributed by atoms with van der Waals surface area (Å²) in [6.45, 7) is 2.82. The van der Waals surface area contributed by atoms with E-state index in [-0.39, 0.29) is 0 Å². The fraction of sp³-hybridized carbons (Fsp3) is 0.167. The van der Waals surface area contributed by atoms with Crippen LogP contribution in [-0.4, -0.2) is 17.4 Å². The molecule has 3 aromatic rings. The van der Waals surface area contributed by atoms with E-state index in [0.29, 0.717) is 0 Å². The van der Waals surface area contributed by atoms with Crippen molar-refractivity contribution in [2.75, 3.05) is 7.11 Å². The second kappa shape index (κ2) is 5.83. The molecule has 0 fully saturated rings. The molecule has 0 atom stereocenters. The number of nitrogens with zero attached hydrogens (tertiary/aromatic N) is 2. The maximum Gasteiger partial charge on any atom is 0.106 e. The molecule has 3 nitrogen and oxygen atoms in total. The Kier molecular flexibility index (Phi) is 3.73. The molecule has 1 heterocycles. The molecule has 0 unspecified atom stereocenters. The fourth-order valence-corrected chi connectivity index (χ4v) is 2.63. The first-order chi connectivity index (χ1) is 10.3. The minimum Gasteiger partial charge on any atom is -0.399 e. The Hall–Kier alpha value is -2.55. The van der Waals surface area contributed by atoms with E-state index in [2.05, 4.69) is 64.5 Å². The normalized spacial score (nSPS) is 11.8. The third kappa shape index (κ3) is 2.68. The van der Waals surface area contributed by atoms with E-state index < -0.39 is 0 Å². The summed E-state index contributed by atoms with van der Waals surface area (Å²) < 4.78 is 2.26. The van der Waals surface area contributed by atoms with E-state index in [1.54, 1.807) is 7.11 Å². The lowest BCUT2D eigenvalue weighted by molar-refractivity contribution is 0.213. The van der Waals surface area contributed by atoms with Gasteiger partial charge in [0.25, 0.3) is 0 Å². The van der Waals surface area contributed by atoms with Crippen molar-refractivity contribution in [1.82, 2.24) is 4.57 Å². The monoisotopic (exact) mass is 278 g/mol. The molecule has 0 N–H and O–H groups in total. The molecule has 21 heavy (non-hydrogen) atoms. The summed E-state index contributed by atoms with van der Waals surface area (Å²) in [7, 11) is 1.58. The third-order valence-electron chi connectivity index (χ3n) is 3.60. The van der Waals surface area contributed by atoms with Gasteiger partial charge in [0.2, 0.25) is 0 Å². The lowest BCUT2D eigenvalue weighted by Gasteiger charge is -2.05. The van der Waals surface area contributed by atoms with E-state index in [1.807, 2.05) is 13.0 Å². The molecule has 2 aromatic carbocycles. The van der Waals surface area contributed by atoms with Crippen LogP contribution in [0.3, 0.4) is 0 Å². The first-order valence-corrected chi connectivity index (χ1v) is 6.99. The number of para-hydroxylation sites is 1. The topological polar surface area (TPSA) is 26.5 Å². The van der Waals surface area contributed by atoms with Crippen LogP contribution in [0.25, 0.3) is 10.9 Å². The van der Waals surface area contributed by atoms with Gasteiger partial charge in [-0.3, -0.25) is 0 Å². The standard InChI is InChI=1S/C18H18N2O/c1-14(19-21-2)17-13-20(12-15-8-4-3-5-9-15)18-11-7-6-10-16(17)18/h3-11,13H,12H2,1-2H3. The van der Waals surface area contributed by atoms with Crippen LogP contribution in [0.4, 0.5) is 0 Å². The molecular weight excluding hydrogens is 260 g/mol. The summed E-state index contributed by atoms with van der Waals surface area (Å²) in [5.41, 5.74) is 4.50. The molecule has 0 aliphatic heterocycles. The van der Waals surface area contributed by atoms with Gasteiger partial charge in [-0.15, -0.1) is 0 Å². The molecule has 0 saturated heterocycles. The molecule has 0 aliphatic carbocycles. The Labute approximate surface area is 124 Å². The van der Waals surface area contributed by atoms with Gasteiger partial charge in [0, 0.05) is 29.2 Å². The summed E-state index contributed by atoms with van der Waals surface area (Å²) in [6, 6.07) is 18.9. The van der Waals surface area contributed by atoms with Crippen molar-refractivity contribution in [3.63, 3.8) is 0 Å². The van der Waals surface area contributed by atoms with Gasteiger partial charge in [0.1, 0.15) is 7.11 Å². The number of oxime groups is 1. The van der Waals surface area contributed by atoms with Crippen LogP contribution in [0.2, 0.25) is 0 Å². The molecule has 0 aliphatic rings. The highest BCUT2D eigenvalue weighted by atomic mass is 16.6. The molecular formula is C18H18N2O. The maximum atomic E-state index is 4.91. The molecule has 3 heteroatoms. The SMILES string of the molecule is CON=C(C)c1cn(Cc2ccccc2)c2ccccc12. The Bertz CT molecular complexity index is 772. The van der Waals surface area contributed by atoms with Gasteiger partial charge >= 0.3 is 0 Å². The van der Waals surface area contributed by atoms with E-state index >= 15 is 0 Å². The largest absolute Gasteiger partial charge is 0.399 e. The number of hydrogen-bond acceptors (Lipinski definition) is 2. The van der Waals surface area contributed by atoms with Gasteiger partial charge in [0.05, 0.1) is 5.71 Å². The Morgan fingerprint density at radius 1 is 1.05 bits per heavy atom. The molecule has 3 rings (SSSR count). The van der Waals surface area contributed by atoms with Crippen LogP contribution in [-0.2, 0) is 11.4 Å². The van der Waals surface area contributed by atoms with Crippen molar-refractivity contribution in [2.45, 2.75) is 13.5 Å². The smallest absolute Gasteiger partial charge is 0.106 e. The van der Waals surface area contributed by atoms with Gasteiger partial charge in [-0.05, 0) is 18.6 Å². The first-order valence-electron chi connectivity index (χ1n) is 6.99.